The average molecular weight is 227 g/mol. The molecule has 0 saturated carbocycles. The third-order valence-corrected chi connectivity index (χ3v) is 3.88. The molecule has 16 heavy (non-hydrogen) atoms. The van der Waals surface area contributed by atoms with E-state index in [1.54, 1.807) is 0 Å². The van der Waals surface area contributed by atoms with Gasteiger partial charge in [0.25, 0.3) is 0 Å². The Labute approximate surface area is 96.6 Å². The second kappa shape index (κ2) is 4.72. The molecule has 4 nitrogen and oxygen atoms in total. The fourth-order valence-corrected chi connectivity index (χ4v) is 3.17. The van der Waals surface area contributed by atoms with Gasteiger partial charge in [0.1, 0.15) is 0 Å². The van der Waals surface area contributed by atoms with Crippen LogP contribution in [0.1, 0.15) is 26.2 Å². The minimum Gasteiger partial charge on any atom is -0.481 e. The first-order chi connectivity index (χ1) is 7.56. The largest absolute Gasteiger partial charge is 0.481 e. The lowest BCUT2D eigenvalue weighted by atomic mass is 9.76. The van der Waals surface area contributed by atoms with E-state index >= 15 is 0 Å². The van der Waals surface area contributed by atoms with Crippen molar-refractivity contribution < 1.29 is 14.6 Å². The van der Waals surface area contributed by atoms with E-state index < -0.39 is 5.97 Å². The molecule has 0 aliphatic carbocycles. The van der Waals surface area contributed by atoms with Gasteiger partial charge in [-0.25, -0.2) is 0 Å². The molecule has 2 heterocycles. The summed E-state index contributed by atoms with van der Waals surface area (Å²) in [5, 5.41) is 8.95. The van der Waals surface area contributed by atoms with Gasteiger partial charge in [-0.15, -0.1) is 0 Å². The zero-order valence-electron chi connectivity index (χ0n) is 10.1. The van der Waals surface area contributed by atoms with Gasteiger partial charge >= 0.3 is 5.97 Å². The number of aliphatic carboxylic acids is 1. The summed E-state index contributed by atoms with van der Waals surface area (Å²) in [6.45, 7) is 4.10. The fourth-order valence-electron chi connectivity index (χ4n) is 3.17. The van der Waals surface area contributed by atoms with E-state index in [2.05, 4.69) is 18.9 Å². The zero-order valence-corrected chi connectivity index (χ0v) is 10.1. The van der Waals surface area contributed by atoms with E-state index in [1.165, 1.54) is 0 Å². The summed E-state index contributed by atoms with van der Waals surface area (Å²) in [4.78, 5) is 13.2. The highest BCUT2D eigenvalue weighted by Gasteiger charge is 2.40. The number of carbonyl (C=O) groups is 1. The van der Waals surface area contributed by atoms with E-state index in [-0.39, 0.29) is 18.1 Å². The molecular weight excluding hydrogens is 206 g/mol. The summed E-state index contributed by atoms with van der Waals surface area (Å²) in [6.07, 6.45) is 2.73. The van der Waals surface area contributed by atoms with Crippen molar-refractivity contribution in [3.8, 4) is 0 Å². The van der Waals surface area contributed by atoms with Crippen molar-refractivity contribution >= 4 is 5.97 Å². The van der Waals surface area contributed by atoms with Gasteiger partial charge in [-0.2, -0.15) is 0 Å². The Hall–Kier alpha value is -0.610. The van der Waals surface area contributed by atoms with Gasteiger partial charge in [-0.05, 0) is 32.7 Å². The standard InChI is InChI=1S/C12H21NO3/c1-8-5-9(6-12(14)15)10-7-13(2)4-3-11(10)16-8/h8-11H,3-7H2,1-2H3,(H,14,15). The minimum absolute atomic E-state index is 0.217. The Balaban J connectivity index is 2.05. The van der Waals surface area contributed by atoms with Crippen LogP contribution in [0, 0.1) is 11.8 Å². The van der Waals surface area contributed by atoms with E-state index in [4.69, 9.17) is 9.84 Å². The predicted molar refractivity (Wildman–Crippen MR) is 60.3 cm³/mol. The van der Waals surface area contributed by atoms with Crippen LogP contribution in [0.2, 0.25) is 0 Å². The molecule has 2 aliphatic rings. The summed E-state index contributed by atoms with van der Waals surface area (Å²) >= 11 is 0. The molecule has 2 fully saturated rings. The van der Waals surface area contributed by atoms with Gasteiger partial charge < -0.3 is 14.7 Å². The van der Waals surface area contributed by atoms with Crippen LogP contribution in [0.15, 0.2) is 0 Å². The molecule has 4 atom stereocenters. The second-order valence-electron chi connectivity index (χ2n) is 5.29. The van der Waals surface area contributed by atoms with Crippen molar-refractivity contribution in [2.24, 2.45) is 11.8 Å². The first-order valence-corrected chi connectivity index (χ1v) is 6.12. The quantitative estimate of drug-likeness (QED) is 0.770. The molecule has 4 unspecified atom stereocenters. The van der Waals surface area contributed by atoms with Crippen LogP contribution in [0.3, 0.4) is 0 Å². The predicted octanol–water partition coefficient (Wildman–Crippen LogP) is 1.21. The minimum atomic E-state index is -0.675. The van der Waals surface area contributed by atoms with Gasteiger partial charge in [-0.3, -0.25) is 4.79 Å². The van der Waals surface area contributed by atoms with Crippen molar-refractivity contribution in [3.63, 3.8) is 0 Å². The van der Waals surface area contributed by atoms with Crippen LogP contribution in [0.4, 0.5) is 0 Å². The number of nitrogens with zero attached hydrogens (tertiary/aromatic N) is 1. The van der Waals surface area contributed by atoms with Gasteiger partial charge in [0.05, 0.1) is 12.2 Å². The number of carboxylic acid groups (broad SMARTS) is 1. The van der Waals surface area contributed by atoms with Gasteiger partial charge in [0.15, 0.2) is 0 Å². The first kappa shape index (κ1) is 11.9. The summed E-state index contributed by atoms with van der Waals surface area (Å²) in [6, 6.07) is 0. The highest BCUT2D eigenvalue weighted by molar-refractivity contribution is 5.67. The molecule has 0 aromatic heterocycles. The van der Waals surface area contributed by atoms with Crippen LogP contribution < -0.4 is 0 Å². The van der Waals surface area contributed by atoms with Crippen LogP contribution in [0.25, 0.3) is 0 Å². The maximum Gasteiger partial charge on any atom is 0.303 e. The number of hydrogen-bond acceptors (Lipinski definition) is 3. The monoisotopic (exact) mass is 227 g/mol. The molecule has 0 bridgehead atoms. The molecule has 0 spiro atoms. The highest BCUT2D eigenvalue weighted by Crippen LogP contribution is 2.37. The maximum absolute atomic E-state index is 10.9. The van der Waals surface area contributed by atoms with Crippen molar-refractivity contribution in [2.45, 2.75) is 38.4 Å². The van der Waals surface area contributed by atoms with E-state index in [1.807, 2.05) is 0 Å². The van der Waals surface area contributed by atoms with Crippen molar-refractivity contribution in [3.05, 3.63) is 0 Å². The number of ether oxygens (including phenoxy) is 1. The summed E-state index contributed by atoms with van der Waals surface area (Å²) in [5.41, 5.74) is 0. The third-order valence-electron chi connectivity index (χ3n) is 3.88. The summed E-state index contributed by atoms with van der Waals surface area (Å²) in [7, 11) is 2.10. The van der Waals surface area contributed by atoms with Gasteiger partial charge in [0.2, 0.25) is 0 Å². The first-order valence-electron chi connectivity index (χ1n) is 6.12. The normalized spacial score (nSPS) is 40.4. The van der Waals surface area contributed by atoms with Crippen LogP contribution in [-0.4, -0.2) is 48.3 Å². The number of rotatable bonds is 2. The third kappa shape index (κ3) is 2.55. The fraction of sp³-hybridized carbons (Fsp3) is 0.917. The second-order valence-corrected chi connectivity index (χ2v) is 5.29. The average Bonchev–Trinajstić information content (AvgIpc) is 2.18. The maximum atomic E-state index is 10.9. The Morgan fingerprint density at radius 1 is 1.56 bits per heavy atom. The molecule has 92 valence electrons. The summed E-state index contributed by atoms with van der Waals surface area (Å²) < 4.78 is 5.93. The molecule has 0 amide bonds. The van der Waals surface area contributed by atoms with Crippen LogP contribution >= 0.6 is 0 Å². The number of fused-ring (bicyclic) bond motifs is 1. The topological polar surface area (TPSA) is 49.8 Å². The number of hydrogen-bond donors (Lipinski definition) is 1. The lowest BCUT2D eigenvalue weighted by Crippen LogP contribution is -2.50. The van der Waals surface area contributed by atoms with E-state index in [0.717, 1.165) is 25.9 Å². The molecule has 1 N–H and O–H groups in total. The van der Waals surface area contributed by atoms with E-state index in [0.29, 0.717) is 12.3 Å². The smallest absolute Gasteiger partial charge is 0.303 e. The molecule has 0 aromatic rings. The number of likely N-dealkylation sites (tertiary alicyclic amines) is 1. The Bertz CT molecular complexity index is 269. The van der Waals surface area contributed by atoms with Crippen LogP contribution in [0.5, 0.6) is 0 Å². The van der Waals surface area contributed by atoms with Crippen molar-refractivity contribution in [1.29, 1.82) is 0 Å². The summed E-state index contributed by atoms with van der Waals surface area (Å²) in [5.74, 6) is 0.0196. The van der Waals surface area contributed by atoms with Gasteiger partial charge in [0, 0.05) is 25.4 Å². The number of carboxylic acids is 1. The Morgan fingerprint density at radius 3 is 3.00 bits per heavy atom. The Morgan fingerprint density at radius 2 is 2.31 bits per heavy atom. The lowest BCUT2D eigenvalue weighted by Gasteiger charge is -2.46. The molecule has 0 radical (unpaired) electrons. The molecule has 0 aromatic carbocycles. The molecular formula is C12H21NO3. The molecule has 2 aliphatic heterocycles. The molecule has 2 rings (SSSR count). The molecule has 2 saturated heterocycles. The lowest BCUT2D eigenvalue weighted by molar-refractivity contribution is -0.149. The van der Waals surface area contributed by atoms with Crippen LogP contribution in [-0.2, 0) is 9.53 Å². The van der Waals surface area contributed by atoms with Gasteiger partial charge in [-0.1, -0.05) is 0 Å². The highest BCUT2D eigenvalue weighted by atomic mass is 16.5. The van der Waals surface area contributed by atoms with Crippen molar-refractivity contribution in [2.75, 3.05) is 20.1 Å². The zero-order chi connectivity index (χ0) is 11.7. The van der Waals surface area contributed by atoms with E-state index in [9.17, 15) is 4.79 Å². The number of piperidine rings is 1. The van der Waals surface area contributed by atoms with Crippen molar-refractivity contribution in [1.82, 2.24) is 4.90 Å². The SMILES string of the molecule is CC1CC(CC(=O)O)C2CN(C)CCC2O1. The Kier molecular flexibility index (Phi) is 3.50. The molecule has 4 heteroatoms.